The van der Waals surface area contributed by atoms with Crippen LogP contribution in [0.2, 0.25) is 0 Å². The van der Waals surface area contributed by atoms with E-state index in [1.165, 1.54) is 6.07 Å². The van der Waals surface area contributed by atoms with E-state index in [1.807, 2.05) is 0 Å². The third-order valence-corrected chi connectivity index (χ3v) is 2.42. The molecule has 0 fully saturated rings. The van der Waals surface area contributed by atoms with Gasteiger partial charge in [-0.1, -0.05) is 0 Å². The lowest BCUT2D eigenvalue weighted by Gasteiger charge is -2.06. The first-order valence-corrected chi connectivity index (χ1v) is 4.96. The van der Waals surface area contributed by atoms with Gasteiger partial charge in [0.2, 0.25) is 5.75 Å². The van der Waals surface area contributed by atoms with Gasteiger partial charge in [0.05, 0.1) is 24.2 Å². The summed E-state index contributed by atoms with van der Waals surface area (Å²) < 4.78 is 15.3. The molecule has 2 aromatic rings. The maximum atomic E-state index is 10.9. The van der Waals surface area contributed by atoms with Crippen LogP contribution in [-0.2, 0) is 0 Å². The molecule has 1 aromatic carbocycles. The van der Waals surface area contributed by atoms with E-state index in [2.05, 4.69) is 14.9 Å². The molecule has 0 radical (unpaired) electrons. The maximum Gasteiger partial charge on any atom is 0.317 e. The van der Waals surface area contributed by atoms with Gasteiger partial charge in [0.15, 0.2) is 11.3 Å². The van der Waals surface area contributed by atoms with E-state index in [0.29, 0.717) is 25.2 Å². The number of fused-ring (bicyclic) bond motifs is 3. The molecule has 0 N–H and O–H groups in total. The highest BCUT2D eigenvalue weighted by atomic mass is 16.6. The lowest BCUT2D eigenvalue weighted by molar-refractivity contribution is -0.385. The van der Waals surface area contributed by atoms with Crippen LogP contribution in [-0.4, -0.2) is 28.5 Å². The molecule has 0 spiro atoms. The van der Waals surface area contributed by atoms with Gasteiger partial charge in [-0.2, -0.15) is 0 Å². The van der Waals surface area contributed by atoms with Crippen LogP contribution >= 0.6 is 0 Å². The van der Waals surface area contributed by atoms with Crippen LogP contribution in [0.1, 0.15) is 6.42 Å². The summed E-state index contributed by atoms with van der Waals surface area (Å²) in [5.41, 5.74) is 0.429. The quantitative estimate of drug-likeness (QED) is 0.544. The summed E-state index contributed by atoms with van der Waals surface area (Å²) in [6, 6.07) is 1.26. The van der Waals surface area contributed by atoms with E-state index in [4.69, 9.17) is 9.47 Å². The van der Waals surface area contributed by atoms with Crippen molar-refractivity contribution in [2.45, 2.75) is 6.42 Å². The second-order valence-corrected chi connectivity index (χ2v) is 3.49. The molecule has 3 rings (SSSR count). The first-order valence-electron chi connectivity index (χ1n) is 4.96. The normalized spacial score (nSPS) is 14.6. The molecule has 0 saturated carbocycles. The molecule has 1 aliphatic heterocycles. The van der Waals surface area contributed by atoms with E-state index in [1.54, 1.807) is 0 Å². The third-order valence-electron chi connectivity index (χ3n) is 2.42. The first-order chi connectivity index (χ1) is 8.27. The second-order valence-electron chi connectivity index (χ2n) is 3.49. The third kappa shape index (κ3) is 1.45. The number of nitrogens with zero attached hydrogens (tertiary/aromatic N) is 3. The minimum absolute atomic E-state index is 0.0932. The molecule has 0 unspecified atom stereocenters. The van der Waals surface area contributed by atoms with Gasteiger partial charge in [0, 0.05) is 6.42 Å². The van der Waals surface area contributed by atoms with Crippen LogP contribution < -0.4 is 9.47 Å². The molecule has 17 heavy (non-hydrogen) atoms. The van der Waals surface area contributed by atoms with E-state index in [9.17, 15) is 10.1 Å². The molecule has 2 heterocycles. The summed E-state index contributed by atoms with van der Waals surface area (Å²) in [6.45, 7) is 0.779. The smallest absolute Gasteiger partial charge is 0.317 e. The lowest BCUT2D eigenvalue weighted by Crippen LogP contribution is -1.99. The van der Waals surface area contributed by atoms with Crippen molar-refractivity contribution in [2.75, 3.05) is 13.2 Å². The molecular formula is C9H7N3O5. The van der Waals surface area contributed by atoms with Crippen molar-refractivity contribution in [3.05, 3.63) is 16.2 Å². The maximum absolute atomic E-state index is 10.9. The Labute approximate surface area is 94.2 Å². The Balaban J connectivity index is 2.33. The number of ether oxygens (including phenoxy) is 2. The zero-order chi connectivity index (χ0) is 11.8. The minimum atomic E-state index is -0.540. The molecule has 8 nitrogen and oxygen atoms in total. The average Bonchev–Trinajstić information content (AvgIpc) is 2.64. The number of nitro groups is 1. The summed E-state index contributed by atoms with van der Waals surface area (Å²) >= 11 is 0. The first kappa shape index (κ1) is 9.82. The van der Waals surface area contributed by atoms with Crippen molar-refractivity contribution in [1.82, 2.24) is 10.3 Å². The van der Waals surface area contributed by atoms with Crippen LogP contribution in [0.15, 0.2) is 10.7 Å². The van der Waals surface area contributed by atoms with E-state index in [0.717, 1.165) is 0 Å². The van der Waals surface area contributed by atoms with Crippen molar-refractivity contribution < 1.29 is 19.0 Å². The lowest BCUT2D eigenvalue weighted by atomic mass is 10.2. The van der Waals surface area contributed by atoms with Crippen molar-refractivity contribution in [2.24, 2.45) is 0 Å². The van der Waals surface area contributed by atoms with E-state index >= 15 is 0 Å². The van der Waals surface area contributed by atoms with E-state index in [-0.39, 0.29) is 22.7 Å². The summed E-state index contributed by atoms with van der Waals surface area (Å²) in [7, 11) is 0. The molecule has 0 saturated heterocycles. The van der Waals surface area contributed by atoms with Crippen molar-refractivity contribution in [3.63, 3.8) is 0 Å². The number of aromatic nitrogens is 2. The van der Waals surface area contributed by atoms with Gasteiger partial charge in [-0.05, 0) is 10.3 Å². The molecule has 0 bridgehead atoms. The highest BCUT2D eigenvalue weighted by Crippen LogP contribution is 2.43. The zero-order valence-corrected chi connectivity index (χ0v) is 8.58. The molecule has 0 amide bonds. The van der Waals surface area contributed by atoms with Gasteiger partial charge >= 0.3 is 5.69 Å². The largest absolute Gasteiger partial charge is 0.487 e. The number of benzene rings is 1. The van der Waals surface area contributed by atoms with Gasteiger partial charge in [-0.3, -0.25) is 10.1 Å². The number of hydrogen-bond donors (Lipinski definition) is 0. The molecule has 1 aliphatic rings. The van der Waals surface area contributed by atoms with E-state index < -0.39 is 4.92 Å². The Bertz CT molecular complexity index is 594. The van der Waals surface area contributed by atoms with Crippen LogP contribution in [0.4, 0.5) is 5.69 Å². The van der Waals surface area contributed by atoms with Gasteiger partial charge in [-0.25, -0.2) is 4.63 Å². The SMILES string of the molecule is O=[N+]([O-])c1cc2nonc2c2c1OCCCO2. The van der Waals surface area contributed by atoms with Gasteiger partial charge in [0.1, 0.15) is 5.52 Å². The highest BCUT2D eigenvalue weighted by molar-refractivity contribution is 5.87. The zero-order valence-electron chi connectivity index (χ0n) is 8.58. The Morgan fingerprint density at radius 3 is 2.76 bits per heavy atom. The molecule has 0 atom stereocenters. The molecule has 1 aromatic heterocycles. The molecule has 8 heteroatoms. The van der Waals surface area contributed by atoms with Crippen LogP contribution in [0.3, 0.4) is 0 Å². The second kappa shape index (κ2) is 3.58. The number of nitro benzene ring substituents is 1. The Morgan fingerprint density at radius 2 is 2.00 bits per heavy atom. The average molecular weight is 237 g/mol. The topological polar surface area (TPSA) is 101 Å². The number of rotatable bonds is 1. The van der Waals surface area contributed by atoms with Gasteiger partial charge < -0.3 is 9.47 Å². The number of hydrogen-bond acceptors (Lipinski definition) is 7. The van der Waals surface area contributed by atoms with Gasteiger partial charge in [0.25, 0.3) is 0 Å². The minimum Gasteiger partial charge on any atom is -0.487 e. The summed E-state index contributed by atoms with van der Waals surface area (Å²) in [4.78, 5) is 10.4. The predicted octanol–water partition coefficient (Wildman–Crippen LogP) is 1.29. The molecular weight excluding hydrogens is 230 g/mol. The van der Waals surface area contributed by atoms with Gasteiger partial charge in [-0.15, -0.1) is 0 Å². The summed E-state index contributed by atoms with van der Waals surface area (Å²) in [5, 5.41) is 18.2. The Hall–Kier alpha value is -2.38. The van der Waals surface area contributed by atoms with Crippen molar-refractivity contribution >= 4 is 16.7 Å². The Morgan fingerprint density at radius 1 is 1.24 bits per heavy atom. The monoisotopic (exact) mass is 237 g/mol. The van der Waals surface area contributed by atoms with Crippen LogP contribution in [0.25, 0.3) is 11.0 Å². The molecule has 0 aliphatic carbocycles. The van der Waals surface area contributed by atoms with Crippen LogP contribution in [0, 0.1) is 10.1 Å². The predicted molar refractivity (Wildman–Crippen MR) is 54.1 cm³/mol. The summed E-state index contributed by atoms with van der Waals surface area (Å²) in [6.07, 6.45) is 0.651. The van der Waals surface area contributed by atoms with Crippen molar-refractivity contribution in [1.29, 1.82) is 0 Å². The fourth-order valence-corrected chi connectivity index (χ4v) is 1.68. The molecule has 88 valence electrons. The fraction of sp³-hybridized carbons (Fsp3) is 0.333. The Kier molecular flexibility index (Phi) is 2.07. The standard InChI is InChI=1S/C9H7N3O5/c13-12(14)6-4-5-7(11-17-10-5)9-8(6)15-2-1-3-16-9/h4H,1-3H2. The van der Waals surface area contributed by atoms with Crippen LogP contribution in [0.5, 0.6) is 11.5 Å². The highest BCUT2D eigenvalue weighted by Gasteiger charge is 2.28. The fourth-order valence-electron chi connectivity index (χ4n) is 1.68. The summed E-state index contributed by atoms with van der Waals surface area (Å²) in [5.74, 6) is 0.323. The van der Waals surface area contributed by atoms with Crippen molar-refractivity contribution in [3.8, 4) is 11.5 Å².